The van der Waals surface area contributed by atoms with E-state index in [-0.39, 0.29) is 5.91 Å². The Hall–Kier alpha value is -1.58. The molecule has 14 heavy (non-hydrogen) atoms. The molecule has 0 spiro atoms. The number of carbonyl (C=O) groups is 1. The van der Waals surface area contributed by atoms with Gasteiger partial charge in [-0.25, -0.2) is 0 Å². The minimum atomic E-state index is 0.0892. The first-order chi connectivity index (χ1) is 6.86. The molecule has 1 fully saturated rings. The van der Waals surface area contributed by atoms with Crippen LogP contribution in [0.2, 0.25) is 0 Å². The van der Waals surface area contributed by atoms with E-state index >= 15 is 0 Å². The second kappa shape index (κ2) is 4.09. The van der Waals surface area contributed by atoms with Crippen LogP contribution in [0, 0.1) is 0 Å². The second-order valence-electron chi connectivity index (χ2n) is 3.35. The molecule has 1 saturated heterocycles. The molecule has 1 aliphatic heterocycles. The summed E-state index contributed by atoms with van der Waals surface area (Å²) >= 11 is 0. The lowest BCUT2D eigenvalue weighted by Crippen LogP contribution is -2.41. The van der Waals surface area contributed by atoms with Crippen LogP contribution in [0.4, 0.5) is 5.69 Å². The number of nitrogens with zero attached hydrogens (tertiary/aromatic N) is 2. The average Bonchev–Trinajstić information content (AvgIpc) is 2.44. The van der Waals surface area contributed by atoms with Crippen LogP contribution in [0.25, 0.3) is 0 Å². The van der Waals surface area contributed by atoms with Gasteiger partial charge in [0.05, 0.1) is 11.9 Å². The van der Waals surface area contributed by atoms with Crippen molar-refractivity contribution in [2.75, 3.05) is 11.6 Å². The van der Waals surface area contributed by atoms with Gasteiger partial charge in [-0.05, 0) is 25.0 Å². The van der Waals surface area contributed by atoms with Gasteiger partial charge in [-0.1, -0.05) is 0 Å². The summed E-state index contributed by atoms with van der Waals surface area (Å²) in [7, 11) is 0. The van der Waals surface area contributed by atoms with Gasteiger partial charge in [0, 0.05) is 19.2 Å². The first-order valence-electron chi connectivity index (χ1n) is 4.83. The molecule has 1 aromatic rings. The normalized spacial score (nSPS) is 17.4. The first-order valence-corrected chi connectivity index (χ1v) is 4.83. The summed E-state index contributed by atoms with van der Waals surface area (Å²) in [5, 5.41) is 1.86. The minimum absolute atomic E-state index is 0.0892. The maximum atomic E-state index is 11.3. The lowest BCUT2D eigenvalue weighted by Gasteiger charge is -2.22. The van der Waals surface area contributed by atoms with Crippen molar-refractivity contribution in [1.82, 2.24) is 10.4 Å². The van der Waals surface area contributed by atoms with Gasteiger partial charge in [-0.3, -0.25) is 20.2 Å². The Morgan fingerprint density at radius 3 is 3.14 bits per heavy atom. The Morgan fingerprint density at radius 2 is 2.36 bits per heavy atom. The molecular weight excluding hydrogens is 178 g/mol. The molecule has 0 saturated carbocycles. The maximum Gasteiger partial charge on any atom is 0.238 e. The standard InChI is InChI=1S/C10H13N3O/c14-10-5-1-2-7-13(12-10)9-4-3-6-11-8-9/h3-4,6,8H,1-2,5,7H2,(H,12,14). The lowest BCUT2D eigenvalue weighted by molar-refractivity contribution is -0.120. The van der Waals surface area contributed by atoms with E-state index in [2.05, 4.69) is 10.4 Å². The van der Waals surface area contributed by atoms with Crippen molar-refractivity contribution in [3.8, 4) is 0 Å². The van der Waals surface area contributed by atoms with E-state index in [1.54, 1.807) is 12.4 Å². The topological polar surface area (TPSA) is 45.2 Å². The fourth-order valence-electron chi connectivity index (χ4n) is 1.52. The first kappa shape index (κ1) is 8.99. The van der Waals surface area contributed by atoms with Crippen LogP contribution in [0.15, 0.2) is 24.5 Å². The zero-order chi connectivity index (χ0) is 9.80. The van der Waals surface area contributed by atoms with Crippen molar-refractivity contribution in [3.63, 3.8) is 0 Å². The molecular formula is C10H13N3O. The van der Waals surface area contributed by atoms with Crippen LogP contribution >= 0.6 is 0 Å². The predicted octanol–water partition coefficient (Wildman–Crippen LogP) is 1.10. The fourth-order valence-corrected chi connectivity index (χ4v) is 1.52. The van der Waals surface area contributed by atoms with Gasteiger partial charge in [-0.2, -0.15) is 0 Å². The Morgan fingerprint density at radius 1 is 1.43 bits per heavy atom. The number of nitrogens with one attached hydrogen (secondary N) is 1. The van der Waals surface area contributed by atoms with Crippen LogP contribution < -0.4 is 10.4 Å². The summed E-state index contributed by atoms with van der Waals surface area (Å²) in [6.45, 7) is 0.859. The molecule has 1 N–H and O–H groups in total. The summed E-state index contributed by atoms with van der Waals surface area (Å²) in [6.07, 6.45) is 6.10. The third-order valence-electron chi connectivity index (χ3n) is 2.25. The highest BCUT2D eigenvalue weighted by atomic mass is 16.2. The predicted molar refractivity (Wildman–Crippen MR) is 53.6 cm³/mol. The highest BCUT2D eigenvalue weighted by Gasteiger charge is 2.13. The number of hydrogen-bond donors (Lipinski definition) is 1. The van der Waals surface area contributed by atoms with Crippen molar-refractivity contribution in [3.05, 3.63) is 24.5 Å². The molecule has 1 aromatic heterocycles. The maximum absolute atomic E-state index is 11.3. The molecule has 2 rings (SSSR count). The van der Waals surface area contributed by atoms with Crippen LogP contribution in [-0.4, -0.2) is 17.4 Å². The number of pyridine rings is 1. The van der Waals surface area contributed by atoms with E-state index in [1.807, 2.05) is 17.1 Å². The van der Waals surface area contributed by atoms with Crippen LogP contribution in [0.3, 0.4) is 0 Å². The lowest BCUT2D eigenvalue weighted by atomic mass is 10.2. The molecule has 4 heteroatoms. The van der Waals surface area contributed by atoms with Gasteiger partial charge in [0.1, 0.15) is 0 Å². The van der Waals surface area contributed by atoms with E-state index in [0.717, 1.165) is 25.1 Å². The quantitative estimate of drug-likeness (QED) is 0.723. The van der Waals surface area contributed by atoms with Crippen molar-refractivity contribution >= 4 is 11.6 Å². The molecule has 0 aliphatic carbocycles. The number of carbonyl (C=O) groups excluding carboxylic acids is 1. The molecule has 0 bridgehead atoms. The van der Waals surface area contributed by atoms with Crippen molar-refractivity contribution in [2.45, 2.75) is 19.3 Å². The molecule has 0 radical (unpaired) electrons. The molecule has 2 heterocycles. The smallest absolute Gasteiger partial charge is 0.238 e. The molecule has 0 atom stereocenters. The number of rotatable bonds is 1. The summed E-state index contributed by atoms with van der Waals surface area (Å²) in [6, 6.07) is 3.81. The third-order valence-corrected chi connectivity index (χ3v) is 2.25. The number of hydrogen-bond acceptors (Lipinski definition) is 3. The van der Waals surface area contributed by atoms with E-state index in [1.165, 1.54) is 0 Å². The Balaban J connectivity index is 2.13. The number of hydrazine groups is 1. The van der Waals surface area contributed by atoms with Crippen LogP contribution in [0.1, 0.15) is 19.3 Å². The number of aromatic nitrogens is 1. The van der Waals surface area contributed by atoms with E-state index in [4.69, 9.17) is 0 Å². The van der Waals surface area contributed by atoms with Crippen LogP contribution in [0.5, 0.6) is 0 Å². The largest absolute Gasteiger partial charge is 0.284 e. The monoisotopic (exact) mass is 191 g/mol. The molecule has 1 amide bonds. The number of anilines is 1. The van der Waals surface area contributed by atoms with Crippen molar-refractivity contribution in [2.24, 2.45) is 0 Å². The molecule has 0 aromatic carbocycles. The van der Waals surface area contributed by atoms with E-state index in [9.17, 15) is 4.79 Å². The van der Waals surface area contributed by atoms with Gasteiger partial charge in [-0.15, -0.1) is 0 Å². The summed E-state index contributed by atoms with van der Waals surface area (Å²) in [4.78, 5) is 15.3. The highest BCUT2D eigenvalue weighted by Crippen LogP contribution is 2.13. The third kappa shape index (κ3) is 2.02. The van der Waals surface area contributed by atoms with Gasteiger partial charge in [0.15, 0.2) is 0 Å². The van der Waals surface area contributed by atoms with Gasteiger partial charge >= 0.3 is 0 Å². The van der Waals surface area contributed by atoms with E-state index < -0.39 is 0 Å². The molecule has 74 valence electrons. The summed E-state index contributed by atoms with van der Waals surface area (Å²) < 4.78 is 0. The summed E-state index contributed by atoms with van der Waals surface area (Å²) in [5.41, 5.74) is 3.80. The highest BCUT2D eigenvalue weighted by molar-refractivity contribution is 5.78. The Bertz CT molecular complexity index is 312. The Kier molecular flexibility index (Phi) is 2.62. The van der Waals surface area contributed by atoms with Crippen LogP contribution in [-0.2, 0) is 4.79 Å². The van der Waals surface area contributed by atoms with Gasteiger partial charge < -0.3 is 0 Å². The van der Waals surface area contributed by atoms with Crippen molar-refractivity contribution < 1.29 is 4.79 Å². The zero-order valence-corrected chi connectivity index (χ0v) is 7.94. The van der Waals surface area contributed by atoms with E-state index in [0.29, 0.717) is 6.42 Å². The fraction of sp³-hybridized carbons (Fsp3) is 0.400. The number of amides is 1. The molecule has 1 aliphatic rings. The average molecular weight is 191 g/mol. The SMILES string of the molecule is O=C1CCCCN(c2cccnc2)N1. The summed E-state index contributed by atoms with van der Waals surface area (Å²) in [5.74, 6) is 0.0892. The van der Waals surface area contributed by atoms with Gasteiger partial charge in [0.25, 0.3) is 0 Å². The zero-order valence-electron chi connectivity index (χ0n) is 7.94. The van der Waals surface area contributed by atoms with Gasteiger partial charge in [0.2, 0.25) is 5.91 Å². The van der Waals surface area contributed by atoms with Crippen molar-refractivity contribution in [1.29, 1.82) is 0 Å². The Labute approximate surface area is 82.9 Å². The second-order valence-corrected chi connectivity index (χ2v) is 3.35. The molecule has 0 unspecified atom stereocenters. The molecule has 4 nitrogen and oxygen atoms in total. The minimum Gasteiger partial charge on any atom is -0.284 e.